The first-order chi connectivity index (χ1) is 9.45. The van der Waals surface area contributed by atoms with Crippen LogP contribution >= 0.6 is 12.4 Å². The molecule has 120 valence electrons. The maximum atomic E-state index is 12.3. The Morgan fingerprint density at radius 3 is 2.14 bits per heavy atom. The van der Waals surface area contributed by atoms with Gasteiger partial charge in [0.2, 0.25) is 15.9 Å². The summed E-state index contributed by atoms with van der Waals surface area (Å²) in [6.45, 7) is 4.76. The summed E-state index contributed by atoms with van der Waals surface area (Å²) in [7, 11) is -3.43. The number of hydrogen-bond acceptors (Lipinski definition) is 4. The van der Waals surface area contributed by atoms with Crippen LogP contribution in [0.3, 0.4) is 0 Å². The largest absolute Gasteiger partial charge is 0.351 e. The second-order valence-electron chi connectivity index (χ2n) is 4.21. The van der Waals surface area contributed by atoms with Crippen LogP contribution in [0.2, 0.25) is 0 Å². The third-order valence-electron chi connectivity index (χ3n) is 2.94. The molecule has 0 radical (unpaired) electrons. The highest BCUT2D eigenvalue weighted by Gasteiger charge is 2.20. The molecule has 0 atom stereocenters. The summed E-state index contributed by atoms with van der Waals surface area (Å²) in [5.74, 6) is -0.246. The highest BCUT2D eigenvalue weighted by molar-refractivity contribution is 7.89. The third-order valence-corrected chi connectivity index (χ3v) is 5.01. The van der Waals surface area contributed by atoms with E-state index in [1.165, 1.54) is 4.31 Å². The monoisotopic (exact) mass is 335 g/mol. The van der Waals surface area contributed by atoms with E-state index < -0.39 is 10.0 Å². The summed E-state index contributed by atoms with van der Waals surface area (Å²) in [4.78, 5) is 11.3. The highest BCUT2D eigenvalue weighted by atomic mass is 35.5. The van der Waals surface area contributed by atoms with Crippen molar-refractivity contribution in [1.82, 2.24) is 9.62 Å². The van der Waals surface area contributed by atoms with Crippen LogP contribution in [0.1, 0.15) is 19.4 Å². The van der Waals surface area contributed by atoms with Crippen molar-refractivity contribution in [3.8, 4) is 0 Å². The Hall–Kier alpha value is -1.15. The predicted molar refractivity (Wildman–Crippen MR) is 84.7 cm³/mol. The molecule has 0 aliphatic rings. The number of nitrogens with two attached hydrogens (primary N) is 1. The van der Waals surface area contributed by atoms with Gasteiger partial charge in [-0.05, 0) is 17.7 Å². The summed E-state index contributed by atoms with van der Waals surface area (Å²) < 4.78 is 25.9. The molecule has 0 saturated heterocycles. The summed E-state index contributed by atoms with van der Waals surface area (Å²) in [6.07, 6.45) is 0. The SMILES string of the molecule is CCN(CC)S(=O)(=O)c1ccc(CNC(=O)CN)cc1.Cl. The fourth-order valence-corrected chi connectivity index (χ4v) is 3.22. The van der Waals surface area contributed by atoms with Gasteiger partial charge in [-0.2, -0.15) is 4.31 Å². The Morgan fingerprint density at radius 2 is 1.71 bits per heavy atom. The van der Waals surface area contributed by atoms with Gasteiger partial charge in [0.25, 0.3) is 0 Å². The first-order valence-corrected chi connectivity index (χ1v) is 7.95. The molecule has 1 aromatic carbocycles. The number of carbonyl (C=O) groups excluding carboxylic acids is 1. The number of amides is 1. The van der Waals surface area contributed by atoms with Gasteiger partial charge in [0, 0.05) is 19.6 Å². The summed E-state index contributed by atoms with van der Waals surface area (Å²) >= 11 is 0. The normalized spacial score (nSPS) is 11.0. The molecule has 8 heteroatoms. The summed E-state index contributed by atoms with van der Waals surface area (Å²) in [6, 6.07) is 6.48. The maximum Gasteiger partial charge on any atom is 0.243 e. The zero-order valence-corrected chi connectivity index (χ0v) is 13.8. The summed E-state index contributed by atoms with van der Waals surface area (Å²) in [5, 5.41) is 2.63. The number of halogens is 1. The van der Waals surface area contributed by atoms with Crippen LogP contribution in [-0.4, -0.2) is 38.3 Å². The lowest BCUT2D eigenvalue weighted by Gasteiger charge is -2.18. The van der Waals surface area contributed by atoms with Gasteiger partial charge in [-0.3, -0.25) is 4.79 Å². The first-order valence-electron chi connectivity index (χ1n) is 6.51. The lowest BCUT2D eigenvalue weighted by Crippen LogP contribution is -2.31. The second kappa shape index (κ2) is 8.99. The van der Waals surface area contributed by atoms with Crippen molar-refractivity contribution in [3.05, 3.63) is 29.8 Å². The molecule has 1 amide bonds. The Balaban J connectivity index is 0.00000400. The van der Waals surface area contributed by atoms with Gasteiger partial charge in [-0.25, -0.2) is 8.42 Å². The molecule has 1 rings (SSSR count). The number of sulfonamides is 1. The zero-order chi connectivity index (χ0) is 15.2. The van der Waals surface area contributed by atoms with Gasteiger partial charge < -0.3 is 11.1 Å². The van der Waals surface area contributed by atoms with Crippen molar-refractivity contribution in [2.75, 3.05) is 19.6 Å². The van der Waals surface area contributed by atoms with Crippen molar-refractivity contribution in [2.45, 2.75) is 25.3 Å². The number of hydrogen-bond donors (Lipinski definition) is 2. The molecule has 0 spiro atoms. The molecule has 21 heavy (non-hydrogen) atoms. The van der Waals surface area contributed by atoms with Crippen LogP contribution < -0.4 is 11.1 Å². The van der Waals surface area contributed by atoms with Crippen molar-refractivity contribution < 1.29 is 13.2 Å². The smallest absolute Gasteiger partial charge is 0.243 e. The molecule has 0 aliphatic heterocycles. The van der Waals surface area contributed by atoms with Crippen LogP contribution in [0.4, 0.5) is 0 Å². The first kappa shape index (κ1) is 19.9. The van der Waals surface area contributed by atoms with E-state index in [4.69, 9.17) is 5.73 Å². The topological polar surface area (TPSA) is 92.5 Å². The summed E-state index contributed by atoms with van der Waals surface area (Å²) in [5.41, 5.74) is 6.01. The van der Waals surface area contributed by atoms with Crippen LogP contribution in [0.25, 0.3) is 0 Å². The Morgan fingerprint density at radius 1 is 1.19 bits per heavy atom. The van der Waals surface area contributed by atoms with E-state index in [0.29, 0.717) is 19.6 Å². The van der Waals surface area contributed by atoms with Crippen molar-refractivity contribution >= 4 is 28.3 Å². The second-order valence-corrected chi connectivity index (χ2v) is 6.15. The number of nitrogens with one attached hydrogen (secondary N) is 1. The van der Waals surface area contributed by atoms with E-state index in [0.717, 1.165) is 5.56 Å². The molecular formula is C13H22ClN3O3S. The van der Waals surface area contributed by atoms with Gasteiger partial charge in [0.05, 0.1) is 11.4 Å². The molecule has 1 aromatic rings. The number of benzene rings is 1. The molecule has 0 fully saturated rings. The Labute approximate surface area is 132 Å². The molecule has 0 saturated carbocycles. The number of rotatable bonds is 7. The minimum atomic E-state index is -3.43. The molecule has 0 heterocycles. The average molecular weight is 336 g/mol. The lowest BCUT2D eigenvalue weighted by atomic mass is 10.2. The number of nitrogens with zero attached hydrogens (tertiary/aromatic N) is 1. The molecule has 0 unspecified atom stereocenters. The van der Waals surface area contributed by atoms with Gasteiger partial charge in [0.1, 0.15) is 0 Å². The lowest BCUT2D eigenvalue weighted by molar-refractivity contribution is -0.119. The van der Waals surface area contributed by atoms with Crippen LogP contribution in [0.15, 0.2) is 29.2 Å². The third kappa shape index (κ3) is 5.28. The van der Waals surface area contributed by atoms with E-state index in [9.17, 15) is 13.2 Å². The standard InChI is InChI=1S/C13H21N3O3S.ClH/c1-3-16(4-2)20(18,19)12-7-5-11(6-8-12)10-15-13(17)9-14;/h5-8H,3-4,9-10,14H2,1-2H3,(H,15,17);1H. The quantitative estimate of drug-likeness (QED) is 0.767. The van der Waals surface area contributed by atoms with Gasteiger partial charge >= 0.3 is 0 Å². The minimum absolute atomic E-state index is 0. The molecule has 0 bridgehead atoms. The van der Waals surface area contributed by atoms with Crippen LogP contribution in [0, 0.1) is 0 Å². The molecule has 0 aliphatic carbocycles. The van der Waals surface area contributed by atoms with Crippen molar-refractivity contribution in [3.63, 3.8) is 0 Å². The van der Waals surface area contributed by atoms with Gasteiger partial charge in [0.15, 0.2) is 0 Å². The fourth-order valence-electron chi connectivity index (χ4n) is 1.76. The van der Waals surface area contributed by atoms with Gasteiger partial charge in [-0.1, -0.05) is 26.0 Å². The number of carbonyl (C=O) groups is 1. The molecule has 6 nitrogen and oxygen atoms in total. The molecule has 3 N–H and O–H groups in total. The van der Waals surface area contributed by atoms with Crippen molar-refractivity contribution in [2.24, 2.45) is 5.73 Å². The van der Waals surface area contributed by atoms with Gasteiger partial charge in [-0.15, -0.1) is 12.4 Å². The molecular weight excluding hydrogens is 314 g/mol. The van der Waals surface area contributed by atoms with Crippen LogP contribution in [-0.2, 0) is 21.4 Å². The Kier molecular flexibility index (Phi) is 8.50. The Bertz CT molecular complexity index is 542. The van der Waals surface area contributed by atoms with Crippen LogP contribution in [0.5, 0.6) is 0 Å². The van der Waals surface area contributed by atoms with Crippen molar-refractivity contribution in [1.29, 1.82) is 0 Å². The average Bonchev–Trinajstić information content (AvgIpc) is 2.46. The molecule has 0 aromatic heterocycles. The van der Waals surface area contributed by atoms with E-state index in [-0.39, 0.29) is 29.8 Å². The van der Waals surface area contributed by atoms with E-state index in [1.807, 2.05) is 0 Å². The highest BCUT2D eigenvalue weighted by Crippen LogP contribution is 2.16. The minimum Gasteiger partial charge on any atom is -0.351 e. The van der Waals surface area contributed by atoms with E-state index >= 15 is 0 Å². The zero-order valence-electron chi connectivity index (χ0n) is 12.2. The van der Waals surface area contributed by atoms with E-state index in [2.05, 4.69) is 5.32 Å². The maximum absolute atomic E-state index is 12.3. The fraction of sp³-hybridized carbons (Fsp3) is 0.462. The predicted octanol–water partition coefficient (Wildman–Crippen LogP) is 0.714. The van der Waals surface area contributed by atoms with E-state index in [1.54, 1.807) is 38.1 Å².